The van der Waals surface area contributed by atoms with Crippen LogP contribution in [-0.4, -0.2) is 26.2 Å². The smallest absolute Gasteiger partial charge is 0.284 e. The predicted octanol–water partition coefficient (Wildman–Crippen LogP) is 1.70. The Kier molecular flexibility index (Phi) is 3.15. The summed E-state index contributed by atoms with van der Waals surface area (Å²) in [6.45, 7) is 2.18. The zero-order valence-electron chi connectivity index (χ0n) is 7.38. The molecule has 4 nitrogen and oxygen atoms in total. The van der Waals surface area contributed by atoms with E-state index in [-0.39, 0.29) is 5.69 Å². The number of Topliss-reactive ketones (excluding diaryl/α,β-unsaturated/α-hetero) is 1. The summed E-state index contributed by atoms with van der Waals surface area (Å²) in [6.07, 6.45) is 1.64. The molecule has 0 unspecified atom stereocenters. The van der Waals surface area contributed by atoms with Gasteiger partial charge in [-0.3, -0.25) is 4.79 Å². The van der Waals surface area contributed by atoms with Gasteiger partial charge in [-0.2, -0.15) is 8.78 Å². The summed E-state index contributed by atoms with van der Waals surface area (Å²) in [7, 11) is 0. The second kappa shape index (κ2) is 4.00. The van der Waals surface area contributed by atoms with Crippen LogP contribution in [0, 0.1) is 0 Å². The molecule has 1 aromatic heterocycles. The largest absolute Gasteiger partial charge is 0.386 e. The van der Waals surface area contributed by atoms with Crippen molar-refractivity contribution in [2.24, 2.45) is 0 Å². The van der Waals surface area contributed by atoms with E-state index in [2.05, 4.69) is 21.9 Å². The van der Waals surface area contributed by atoms with Crippen LogP contribution < -0.4 is 0 Å². The van der Waals surface area contributed by atoms with Crippen LogP contribution in [0.25, 0.3) is 0 Å². The third-order valence-corrected chi connectivity index (χ3v) is 1.71. The number of ketones is 1. The minimum atomic E-state index is -3.90. The highest BCUT2D eigenvalue weighted by Crippen LogP contribution is 2.23. The fraction of sp³-hybridized carbons (Fsp3) is 0.571. The first-order valence-electron chi connectivity index (χ1n) is 3.96. The first-order valence-corrected chi connectivity index (χ1v) is 4.34. The molecule has 0 saturated heterocycles. The lowest BCUT2D eigenvalue weighted by molar-refractivity contribution is 0.0524. The molecule has 0 radical (unpaired) electrons. The fourth-order valence-electron chi connectivity index (χ4n) is 0.956. The Morgan fingerprint density at radius 3 is 2.86 bits per heavy atom. The highest BCUT2D eigenvalue weighted by atomic mass is 35.5. The molecule has 0 spiro atoms. The molecule has 14 heavy (non-hydrogen) atoms. The van der Waals surface area contributed by atoms with E-state index >= 15 is 0 Å². The summed E-state index contributed by atoms with van der Waals surface area (Å²) in [4.78, 5) is 11.0. The first-order chi connectivity index (χ1) is 6.46. The zero-order valence-corrected chi connectivity index (χ0v) is 8.13. The van der Waals surface area contributed by atoms with Crippen molar-refractivity contribution in [2.45, 2.75) is 25.3 Å². The van der Waals surface area contributed by atoms with Crippen molar-refractivity contribution >= 4 is 17.4 Å². The second-order valence-electron chi connectivity index (χ2n) is 2.67. The first kappa shape index (κ1) is 11.0. The summed E-state index contributed by atoms with van der Waals surface area (Å²) in [5.74, 6) is -1.47. The number of hydrogen-bond donors (Lipinski definition) is 0. The van der Waals surface area contributed by atoms with Gasteiger partial charge in [0.2, 0.25) is 0 Å². The van der Waals surface area contributed by atoms with Gasteiger partial charge in [-0.15, -0.1) is 5.10 Å². The summed E-state index contributed by atoms with van der Waals surface area (Å²) in [6, 6.07) is 0. The average Bonchev–Trinajstić information content (AvgIpc) is 2.50. The maximum absolute atomic E-state index is 12.4. The highest BCUT2D eigenvalue weighted by molar-refractivity contribution is 6.35. The minimum absolute atomic E-state index is 0.271. The van der Waals surface area contributed by atoms with Crippen LogP contribution in [0.5, 0.6) is 0 Å². The summed E-state index contributed by atoms with van der Waals surface area (Å²) in [5, 5.41) is 2.97. The Balaban J connectivity index is 2.95. The number of aryl methyl sites for hydroxylation is 1. The van der Waals surface area contributed by atoms with Gasteiger partial charge in [0, 0.05) is 6.54 Å². The van der Waals surface area contributed by atoms with Crippen LogP contribution in [0.4, 0.5) is 8.78 Å². The number of hydrogen-bond acceptors (Lipinski definition) is 3. The SMILES string of the molecule is CCCn1nncc1C(=O)C(F)(F)Cl. The third kappa shape index (κ3) is 2.25. The Morgan fingerprint density at radius 1 is 1.71 bits per heavy atom. The summed E-state index contributed by atoms with van der Waals surface area (Å²) >= 11 is 4.60. The molecule has 78 valence electrons. The highest BCUT2D eigenvalue weighted by Gasteiger charge is 2.38. The van der Waals surface area contributed by atoms with Crippen LogP contribution in [0.2, 0.25) is 0 Å². The van der Waals surface area contributed by atoms with E-state index < -0.39 is 11.2 Å². The van der Waals surface area contributed by atoms with Gasteiger partial charge in [-0.25, -0.2) is 4.68 Å². The number of carbonyl (C=O) groups excluding carboxylic acids is 1. The molecule has 0 N–H and O–H groups in total. The van der Waals surface area contributed by atoms with E-state index in [0.717, 1.165) is 10.9 Å². The standard InChI is InChI=1S/C7H8ClF2N3O/c1-2-3-13-5(4-11-12-13)6(14)7(8,9)10/h4H,2-3H2,1H3. The van der Waals surface area contributed by atoms with Crippen molar-refractivity contribution in [3.63, 3.8) is 0 Å². The van der Waals surface area contributed by atoms with Crippen molar-refractivity contribution in [1.82, 2.24) is 15.0 Å². The molecule has 1 aromatic rings. The lowest BCUT2D eigenvalue weighted by Crippen LogP contribution is -2.24. The van der Waals surface area contributed by atoms with Crippen LogP contribution in [0.15, 0.2) is 6.20 Å². The summed E-state index contributed by atoms with van der Waals surface area (Å²) < 4.78 is 26.0. The van der Waals surface area contributed by atoms with E-state index in [9.17, 15) is 13.6 Å². The molecule has 0 atom stereocenters. The van der Waals surface area contributed by atoms with Crippen LogP contribution in [0.1, 0.15) is 23.8 Å². The van der Waals surface area contributed by atoms with Crippen LogP contribution in [-0.2, 0) is 6.54 Å². The Hall–Kier alpha value is -1.04. The minimum Gasteiger partial charge on any atom is -0.284 e. The topological polar surface area (TPSA) is 47.8 Å². The third-order valence-electron chi connectivity index (χ3n) is 1.54. The molecule has 0 aliphatic heterocycles. The normalized spacial score (nSPS) is 11.7. The van der Waals surface area contributed by atoms with Gasteiger partial charge in [-0.05, 0) is 18.0 Å². The molecule has 0 saturated carbocycles. The Bertz CT molecular complexity index is 334. The number of nitrogens with zero attached hydrogens (tertiary/aromatic N) is 3. The van der Waals surface area contributed by atoms with E-state index in [1.54, 1.807) is 0 Å². The van der Waals surface area contributed by atoms with Crippen molar-refractivity contribution in [3.05, 3.63) is 11.9 Å². The van der Waals surface area contributed by atoms with Crippen LogP contribution in [0.3, 0.4) is 0 Å². The fourth-order valence-corrected chi connectivity index (χ4v) is 1.05. The Labute approximate surface area is 83.8 Å². The maximum atomic E-state index is 12.4. The summed E-state index contributed by atoms with van der Waals surface area (Å²) in [5.41, 5.74) is -0.271. The lowest BCUT2D eigenvalue weighted by atomic mass is 10.3. The van der Waals surface area contributed by atoms with Crippen molar-refractivity contribution in [2.75, 3.05) is 0 Å². The molecule has 0 amide bonds. The van der Waals surface area contributed by atoms with Gasteiger partial charge in [0.1, 0.15) is 5.69 Å². The lowest BCUT2D eigenvalue weighted by Gasteiger charge is -2.07. The molecular formula is C7H8ClF2N3O. The van der Waals surface area contributed by atoms with Gasteiger partial charge < -0.3 is 0 Å². The molecular weight excluding hydrogens is 216 g/mol. The van der Waals surface area contributed by atoms with E-state index in [1.165, 1.54) is 0 Å². The van der Waals surface area contributed by atoms with Gasteiger partial charge in [-0.1, -0.05) is 12.1 Å². The number of aromatic nitrogens is 3. The van der Waals surface area contributed by atoms with Gasteiger partial charge in [0.15, 0.2) is 0 Å². The molecule has 0 bridgehead atoms. The maximum Gasteiger partial charge on any atom is 0.386 e. The molecule has 1 heterocycles. The van der Waals surface area contributed by atoms with Gasteiger partial charge in [0.25, 0.3) is 5.78 Å². The van der Waals surface area contributed by atoms with Gasteiger partial charge >= 0.3 is 5.38 Å². The van der Waals surface area contributed by atoms with Crippen molar-refractivity contribution in [3.8, 4) is 0 Å². The molecule has 7 heteroatoms. The molecule has 0 fully saturated rings. The number of rotatable bonds is 4. The van der Waals surface area contributed by atoms with E-state index in [4.69, 9.17) is 0 Å². The van der Waals surface area contributed by atoms with E-state index in [1.807, 2.05) is 6.92 Å². The monoisotopic (exact) mass is 223 g/mol. The Morgan fingerprint density at radius 2 is 2.36 bits per heavy atom. The van der Waals surface area contributed by atoms with Crippen molar-refractivity contribution < 1.29 is 13.6 Å². The average molecular weight is 224 g/mol. The molecule has 1 rings (SSSR count). The predicted molar refractivity (Wildman–Crippen MR) is 45.4 cm³/mol. The molecule has 0 aliphatic rings. The molecule has 0 aliphatic carbocycles. The number of alkyl halides is 3. The zero-order chi connectivity index (χ0) is 10.8. The second-order valence-corrected chi connectivity index (χ2v) is 3.14. The molecule has 0 aromatic carbocycles. The number of halogens is 3. The number of carbonyl (C=O) groups is 1. The quantitative estimate of drug-likeness (QED) is 0.577. The van der Waals surface area contributed by atoms with E-state index in [0.29, 0.717) is 13.0 Å². The van der Waals surface area contributed by atoms with Crippen LogP contribution >= 0.6 is 11.6 Å². The van der Waals surface area contributed by atoms with Crippen molar-refractivity contribution in [1.29, 1.82) is 0 Å². The van der Waals surface area contributed by atoms with Gasteiger partial charge in [0.05, 0.1) is 6.20 Å².